The molecular formula is C17H20ClNO. The van der Waals surface area contributed by atoms with E-state index in [-0.39, 0.29) is 11.9 Å². The minimum Gasteiger partial charge on any atom is -0.335 e. The fraction of sp³-hybridized carbons (Fsp3) is 0.471. The van der Waals surface area contributed by atoms with Crippen LogP contribution < -0.4 is 0 Å². The highest BCUT2D eigenvalue weighted by Gasteiger charge is 2.42. The number of fused-ring (bicyclic) bond motifs is 1. The maximum atomic E-state index is 12.7. The molecule has 0 saturated heterocycles. The molecular weight excluding hydrogens is 270 g/mol. The number of amides is 1. The molecule has 2 unspecified atom stereocenters. The number of halogens is 1. The standard InChI is InChI=1S/C17H20ClNO/c1-19-16-13(10-11-18)8-5-9-14(16)15(17(19)20)12-6-3-2-4-7-12/h2-4,6-7,13,16H,5,8-11H2,1H3. The summed E-state index contributed by atoms with van der Waals surface area (Å²) in [6.45, 7) is 0. The zero-order valence-corrected chi connectivity index (χ0v) is 12.6. The normalized spacial score (nSPS) is 26.1. The Morgan fingerprint density at radius 1 is 1.30 bits per heavy atom. The Balaban J connectivity index is 2.03. The van der Waals surface area contributed by atoms with Crippen LogP contribution in [-0.4, -0.2) is 29.8 Å². The van der Waals surface area contributed by atoms with Crippen molar-refractivity contribution in [2.45, 2.75) is 31.7 Å². The van der Waals surface area contributed by atoms with Crippen LogP contribution in [0.4, 0.5) is 0 Å². The summed E-state index contributed by atoms with van der Waals surface area (Å²) in [5, 5.41) is 0. The van der Waals surface area contributed by atoms with E-state index in [1.54, 1.807) is 0 Å². The van der Waals surface area contributed by atoms with Crippen molar-refractivity contribution in [3.8, 4) is 0 Å². The number of hydrogen-bond acceptors (Lipinski definition) is 1. The van der Waals surface area contributed by atoms with E-state index in [1.165, 1.54) is 18.4 Å². The summed E-state index contributed by atoms with van der Waals surface area (Å²) in [7, 11) is 1.94. The highest BCUT2D eigenvalue weighted by molar-refractivity contribution is 6.23. The van der Waals surface area contributed by atoms with E-state index in [1.807, 2.05) is 42.3 Å². The van der Waals surface area contributed by atoms with E-state index in [0.29, 0.717) is 11.8 Å². The molecule has 1 amide bonds. The molecule has 3 heteroatoms. The Kier molecular flexibility index (Phi) is 3.84. The third kappa shape index (κ3) is 2.16. The van der Waals surface area contributed by atoms with Crippen LogP contribution in [0.15, 0.2) is 35.9 Å². The molecule has 2 aliphatic rings. The second-order valence-corrected chi connectivity index (χ2v) is 6.14. The van der Waals surface area contributed by atoms with Crippen LogP contribution in [0.1, 0.15) is 31.2 Å². The van der Waals surface area contributed by atoms with Crippen LogP contribution in [0, 0.1) is 5.92 Å². The smallest absolute Gasteiger partial charge is 0.254 e. The lowest BCUT2D eigenvalue weighted by atomic mass is 9.78. The summed E-state index contributed by atoms with van der Waals surface area (Å²) in [5.74, 6) is 1.38. The van der Waals surface area contributed by atoms with Gasteiger partial charge in [-0.05, 0) is 42.7 Å². The quantitative estimate of drug-likeness (QED) is 0.777. The topological polar surface area (TPSA) is 20.3 Å². The Hall–Kier alpha value is -1.28. The van der Waals surface area contributed by atoms with Crippen LogP contribution >= 0.6 is 11.6 Å². The van der Waals surface area contributed by atoms with Gasteiger partial charge in [0, 0.05) is 18.5 Å². The molecule has 1 saturated carbocycles. The highest BCUT2D eigenvalue weighted by Crippen LogP contribution is 2.43. The first-order valence-electron chi connectivity index (χ1n) is 7.35. The Labute approximate surface area is 125 Å². The molecule has 2 nitrogen and oxygen atoms in total. The monoisotopic (exact) mass is 289 g/mol. The van der Waals surface area contributed by atoms with Gasteiger partial charge >= 0.3 is 0 Å². The zero-order valence-electron chi connectivity index (χ0n) is 11.8. The van der Waals surface area contributed by atoms with Gasteiger partial charge in [0.05, 0.1) is 6.04 Å². The van der Waals surface area contributed by atoms with Crippen molar-refractivity contribution in [1.29, 1.82) is 0 Å². The van der Waals surface area contributed by atoms with Crippen LogP contribution in [0.5, 0.6) is 0 Å². The number of alkyl halides is 1. The number of benzene rings is 1. The largest absolute Gasteiger partial charge is 0.335 e. The molecule has 106 valence electrons. The molecule has 1 aliphatic carbocycles. The molecule has 0 N–H and O–H groups in total. The number of likely N-dealkylation sites (N-methyl/N-ethyl adjacent to an activating group) is 1. The van der Waals surface area contributed by atoms with E-state index in [0.717, 1.165) is 24.0 Å². The number of carbonyl (C=O) groups excluding carboxylic acids is 1. The molecule has 0 bridgehead atoms. The molecule has 2 atom stereocenters. The third-order valence-corrected chi connectivity index (χ3v) is 4.86. The van der Waals surface area contributed by atoms with E-state index in [2.05, 4.69) is 0 Å². The van der Waals surface area contributed by atoms with Gasteiger partial charge in [-0.15, -0.1) is 11.6 Å². The Bertz CT molecular complexity index is 535. The minimum absolute atomic E-state index is 0.178. The average molecular weight is 290 g/mol. The summed E-state index contributed by atoms with van der Waals surface area (Å²) in [4.78, 5) is 14.6. The molecule has 20 heavy (non-hydrogen) atoms. The van der Waals surface area contributed by atoms with Crippen LogP contribution in [0.2, 0.25) is 0 Å². The highest BCUT2D eigenvalue weighted by atomic mass is 35.5. The molecule has 1 aliphatic heterocycles. The molecule has 0 spiro atoms. The van der Waals surface area contributed by atoms with Gasteiger partial charge in [-0.25, -0.2) is 0 Å². The number of hydrogen-bond donors (Lipinski definition) is 0. The summed E-state index contributed by atoms with van der Waals surface area (Å²) < 4.78 is 0. The molecule has 1 aromatic rings. The second-order valence-electron chi connectivity index (χ2n) is 5.76. The Morgan fingerprint density at radius 2 is 2.05 bits per heavy atom. The first-order valence-corrected chi connectivity index (χ1v) is 7.89. The van der Waals surface area contributed by atoms with Gasteiger partial charge in [-0.1, -0.05) is 30.3 Å². The van der Waals surface area contributed by atoms with Crippen molar-refractivity contribution < 1.29 is 4.79 Å². The molecule has 3 rings (SSSR count). The van der Waals surface area contributed by atoms with Crippen molar-refractivity contribution in [2.75, 3.05) is 12.9 Å². The number of nitrogens with zero attached hydrogens (tertiary/aromatic N) is 1. The van der Waals surface area contributed by atoms with Gasteiger partial charge < -0.3 is 4.90 Å². The van der Waals surface area contributed by atoms with Crippen LogP contribution in [0.25, 0.3) is 5.57 Å². The Morgan fingerprint density at radius 3 is 2.75 bits per heavy atom. The fourth-order valence-electron chi connectivity index (χ4n) is 3.76. The maximum absolute atomic E-state index is 12.7. The lowest BCUT2D eigenvalue weighted by Gasteiger charge is -2.35. The number of carbonyl (C=O) groups is 1. The minimum atomic E-state index is 0.178. The van der Waals surface area contributed by atoms with E-state index in [9.17, 15) is 4.79 Å². The SMILES string of the molecule is CN1C(=O)C(c2ccccc2)=C2CCCC(CCCl)C21. The van der Waals surface area contributed by atoms with Gasteiger partial charge in [0.2, 0.25) is 0 Å². The first kappa shape index (κ1) is 13.7. The van der Waals surface area contributed by atoms with Gasteiger partial charge in [0.1, 0.15) is 0 Å². The van der Waals surface area contributed by atoms with Crippen molar-refractivity contribution in [1.82, 2.24) is 4.90 Å². The first-order chi connectivity index (χ1) is 9.74. The molecule has 0 radical (unpaired) electrons. The molecule has 1 aromatic carbocycles. The van der Waals surface area contributed by atoms with E-state index < -0.39 is 0 Å². The van der Waals surface area contributed by atoms with E-state index in [4.69, 9.17) is 11.6 Å². The number of rotatable bonds is 3. The maximum Gasteiger partial charge on any atom is 0.254 e. The summed E-state index contributed by atoms with van der Waals surface area (Å²) in [5.41, 5.74) is 3.34. The van der Waals surface area contributed by atoms with Gasteiger partial charge in [-0.3, -0.25) is 4.79 Å². The lowest BCUT2D eigenvalue weighted by molar-refractivity contribution is -0.124. The average Bonchev–Trinajstić information content (AvgIpc) is 2.73. The van der Waals surface area contributed by atoms with Gasteiger partial charge in [0.25, 0.3) is 5.91 Å². The predicted octanol–water partition coefficient (Wildman–Crippen LogP) is 3.71. The predicted molar refractivity (Wildman–Crippen MR) is 82.6 cm³/mol. The van der Waals surface area contributed by atoms with Crippen molar-refractivity contribution in [2.24, 2.45) is 5.92 Å². The van der Waals surface area contributed by atoms with E-state index >= 15 is 0 Å². The molecule has 1 fully saturated rings. The summed E-state index contributed by atoms with van der Waals surface area (Å²) in [6, 6.07) is 10.4. The second kappa shape index (κ2) is 5.61. The van der Waals surface area contributed by atoms with Crippen molar-refractivity contribution >= 4 is 23.1 Å². The third-order valence-electron chi connectivity index (χ3n) is 4.64. The van der Waals surface area contributed by atoms with Gasteiger partial charge in [0.15, 0.2) is 0 Å². The van der Waals surface area contributed by atoms with Gasteiger partial charge in [-0.2, -0.15) is 0 Å². The summed E-state index contributed by atoms with van der Waals surface area (Å²) in [6.07, 6.45) is 4.39. The summed E-state index contributed by atoms with van der Waals surface area (Å²) >= 11 is 5.94. The fourth-order valence-corrected chi connectivity index (χ4v) is 4.04. The lowest BCUT2D eigenvalue weighted by Crippen LogP contribution is -2.39. The molecule has 0 aromatic heterocycles. The van der Waals surface area contributed by atoms with Crippen LogP contribution in [0.3, 0.4) is 0 Å². The van der Waals surface area contributed by atoms with Crippen molar-refractivity contribution in [3.05, 3.63) is 41.5 Å². The van der Waals surface area contributed by atoms with Crippen LogP contribution in [-0.2, 0) is 4.79 Å². The van der Waals surface area contributed by atoms with Crippen molar-refractivity contribution in [3.63, 3.8) is 0 Å². The zero-order chi connectivity index (χ0) is 14.1. The molecule has 1 heterocycles.